The van der Waals surface area contributed by atoms with E-state index < -0.39 is 0 Å². The summed E-state index contributed by atoms with van der Waals surface area (Å²) in [6, 6.07) is 10.1. The Morgan fingerprint density at radius 3 is 2.73 bits per heavy atom. The first kappa shape index (κ1) is 21.5. The van der Waals surface area contributed by atoms with Gasteiger partial charge in [-0.2, -0.15) is 5.10 Å². The number of rotatable bonds is 9. The molecule has 30 heavy (non-hydrogen) atoms. The van der Waals surface area contributed by atoms with Crippen molar-refractivity contribution in [3.8, 4) is 5.69 Å². The number of benzene rings is 1. The molecule has 1 aromatic carbocycles. The number of para-hydroxylation sites is 1. The van der Waals surface area contributed by atoms with E-state index in [1.54, 1.807) is 7.11 Å². The lowest BCUT2D eigenvalue weighted by atomic mass is 10.3. The Bertz CT molecular complexity index is 947. The van der Waals surface area contributed by atoms with Gasteiger partial charge in [0, 0.05) is 52.7 Å². The molecule has 0 unspecified atom stereocenters. The van der Waals surface area contributed by atoms with Crippen molar-refractivity contribution in [1.82, 2.24) is 34.8 Å². The maximum absolute atomic E-state index is 5.15. The zero-order chi connectivity index (χ0) is 21.3. The molecule has 1 N–H and O–H groups in total. The number of guanidine groups is 1. The Kier molecular flexibility index (Phi) is 7.56. The van der Waals surface area contributed by atoms with Crippen molar-refractivity contribution in [3.05, 3.63) is 59.9 Å². The smallest absolute Gasteiger partial charge is 0.194 e. The van der Waals surface area contributed by atoms with E-state index in [2.05, 4.69) is 25.5 Å². The predicted octanol–water partition coefficient (Wildman–Crippen LogP) is 1.92. The van der Waals surface area contributed by atoms with Crippen molar-refractivity contribution < 1.29 is 4.74 Å². The fraction of sp³-hybridized carbons (Fsp3) is 0.429. The van der Waals surface area contributed by atoms with E-state index >= 15 is 0 Å². The van der Waals surface area contributed by atoms with Gasteiger partial charge in [0.25, 0.3) is 0 Å². The highest BCUT2D eigenvalue weighted by atomic mass is 16.5. The summed E-state index contributed by atoms with van der Waals surface area (Å²) in [5.74, 6) is 2.50. The Balaban J connectivity index is 1.69. The molecule has 0 saturated heterocycles. The third-order valence-corrected chi connectivity index (χ3v) is 4.80. The van der Waals surface area contributed by atoms with Crippen LogP contribution in [0.15, 0.2) is 47.7 Å². The van der Waals surface area contributed by atoms with Gasteiger partial charge in [0.15, 0.2) is 11.8 Å². The molecule has 9 nitrogen and oxygen atoms in total. The van der Waals surface area contributed by atoms with Crippen molar-refractivity contribution in [3.63, 3.8) is 0 Å². The molecule has 160 valence electrons. The van der Waals surface area contributed by atoms with Crippen LogP contribution in [0.3, 0.4) is 0 Å². The SMILES string of the molecule is COCCCNC(=NCc1nnc(C)n1C)N(C)Cc1cnn(-c2ccccc2)c1. The van der Waals surface area contributed by atoms with E-state index in [1.165, 1.54) is 0 Å². The first-order valence-corrected chi connectivity index (χ1v) is 10.0. The van der Waals surface area contributed by atoms with Gasteiger partial charge < -0.3 is 19.5 Å². The van der Waals surface area contributed by atoms with Crippen LogP contribution in [0.5, 0.6) is 0 Å². The van der Waals surface area contributed by atoms with E-state index in [4.69, 9.17) is 9.73 Å². The second-order valence-electron chi connectivity index (χ2n) is 7.12. The number of nitrogens with zero attached hydrogens (tertiary/aromatic N) is 7. The largest absolute Gasteiger partial charge is 0.385 e. The highest BCUT2D eigenvalue weighted by Gasteiger charge is 2.11. The molecule has 0 aliphatic carbocycles. The quantitative estimate of drug-likeness (QED) is 0.330. The Morgan fingerprint density at radius 1 is 1.23 bits per heavy atom. The van der Waals surface area contributed by atoms with Crippen LogP contribution in [0.25, 0.3) is 5.69 Å². The van der Waals surface area contributed by atoms with Crippen molar-refractivity contribution in [2.75, 3.05) is 27.3 Å². The standard InChI is InChI=1S/C21H30N8O/c1-17-25-26-20(28(17)3)14-23-21(22-11-8-12-30-4)27(2)15-18-13-24-29(16-18)19-9-6-5-7-10-19/h5-7,9-10,13,16H,8,11-12,14-15H2,1-4H3,(H,22,23). The second-order valence-corrected chi connectivity index (χ2v) is 7.12. The summed E-state index contributed by atoms with van der Waals surface area (Å²) in [5.41, 5.74) is 2.14. The zero-order valence-corrected chi connectivity index (χ0v) is 18.1. The molecular formula is C21H30N8O. The molecule has 0 amide bonds. The lowest BCUT2D eigenvalue weighted by Gasteiger charge is -2.22. The molecular weight excluding hydrogens is 380 g/mol. The number of nitrogens with one attached hydrogen (secondary N) is 1. The van der Waals surface area contributed by atoms with Crippen LogP contribution in [-0.4, -0.2) is 62.7 Å². The molecule has 0 atom stereocenters. The van der Waals surface area contributed by atoms with Gasteiger partial charge in [-0.15, -0.1) is 10.2 Å². The number of hydrogen-bond donors (Lipinski definition) is 1. The van der Waals surface area contributed by atoms with Gasteiger partial charge >= 0.3 is 0 Å². The third kappa shape index (κ3) is 5.66. The highest BCUT2D eigenvalue weighted by Crippen LogP contribution is 2.09. The molecule has 0 saturated carbocycles. The van der Waals surface area contributed by atoms with Gasteiger partial charge in [-0.05, 0) is 25.5 Å². The van der Waals surface area contributed by atoms with Crippen LogP contribution in [-0.2, 0) is 24.9 Å². The zero-order valence-electron chi connectivity index (χ0n) is 18.1. The monoisotopic (exact) mass is 410 g/mol. The van der Waals surface area contributed by atoms with Gasteiger partial charge in [0.05, 0.1) is 11.9 Å². The first-order chi connectivity index (χ1) is 14.6. The molecule has 3 aromatic rings. The van der Waals surface area contributed by atoms with Gasteiger partial charge in [-0.1, -0.05) is 18.2 Å². The Labute approximate surface area is 177 Å². The average molecular weight is 411 g/mol. The predicted molar refractivity (Wildman–Crippen MR) is 116 cm³/mol. The summed E-state index contributed by atoms with van der Waals surface area (Å²) < 4.78 is 8.98. The molecule has 9 heteroatoms. The van der Waals surface area contributed by atoms with E-state index in [0.29, 0.717) is 19.7 Å². The average Bonchev–Trinajstić information content (AvgIpc) is 3.35. The number of hydrogen-bond acceptors (Lipinski definition) is 5. The summed E-state index contributed by atoms with van der Waals surface area (Å²) in [7, 11) is 5.68. The maximum Gasteiger partial charge on any atom is 0.194 e. The van der Waals surface area contributed by atoms with Crippen molar-refractivity contribution in [2.45, 2.75) is 26.4 Å². The second kappa shape index (κ2) is 10.5. The lowest BCUT2D eigenvalue weighted by Crippen LogP contribution is -2.39. The number of methoxy groups -OCH3 is 1. The first-order valence-electron chi connectivity index (χ1n) is 10.0. The lowest BCUT2D eigenvalue weighted by molar-refractivity contribution is 0.195. The van der Waals surface area contributed by atoms with Gasteiger partial charge in [0.1, 0.15) is 12.4 Å². The van der Waals surface area contributed by atoms with Crippen LogP contribution in [0, 0.1) is 6.92 Å². The molecule has 0 aliphatic rings. The van der Waals surface area contributed by atoms with Crippen LogP contribution in [0.1, 0.15) is 23.6 Å². The number of ether oxygens (including phenoxy) is 1. The molecule has 0 bridgehead atoms. The van der Waals surface area contributed by atoms with Crippen molar-refractivity contribution in [1.29, 1.82) is 0 Å². The maximum atomic E-state index is 5.15. The van der Waals surface area contributed by atoms with Crippen LogP contribution < -0.4 is 5.32 Å². The van der Waals surface area contributed by atoms with Crippen molar-refractivity contribution in [2.24, 2.45) is 12.0 Å². The summed E-state index contributed by atoms with van der Waals surface area (Å²) >= 11 is 0. The molecule has 0 spiro atoms. The van der Waals surface area contributed by atoms with Crippen LogP contribution in [0.4, 0.5) is 0 Å². The number of aromatic nitrogens is 5. The summed E-state index contributed by atoms with van der Waals surface area (Å²) in [5, 5.41) is 16.2. The number of aryl methyl sites for hydroxylation is 1. The molecule has 3 rings (SSSR count). The van der Waals surface area contributed by atoms with E-state index in [-0.39, 0.29) is 0 Å². The molecule has 2 heterocycles. The molecule has 0 radical (unpaired) electrons. The van der Waals surface area contributed by atoms with Gasteiger partial charge in [-0.25, -0.2) is 9.67 Å². The summed E-state index contributed by atoms with van der Waals surface area (Å²) in [6.45, 7) is 4.55. The van der Waals surface area contributed by atoms with Crippen LogP contribution >= 0.6 is 0 Å². The van der Waals surface area contributed by atoms with Crippen LogP contribution in [0.2, 0.25) is 0 Å². The minimum Gasteiger partial charge on any atom is -0.385 e. The Morgan fingerprint density at radius 2 is 2.03 bits per heavy atom. The van der Waals surface area contributed by atoms with Gasteiger partial charge in [-0.3, -0.25) is 0 Å². The fourth-order valence-electron chi connectivity index (χ4n) is 2.97. The van der Waals surface area contributed by atoms with Gasteiger partial charge in [0.2, 0.25) is 0 Å². The topological polar surface area (TPSA) is 85.4 Å². The minimum atomic E-state index is 0.456. The normalized spacial score (nSPS) is 11.7. The summed E-state index contributed by atoms with van der Waals surface area (Å²) in [4.78, 5) is 6.85. The Hall–Kier alpha value is -3.20. The van der Waals surface area contributed by atoms with E-state index in [0.717, 1.165) is 41.8 Å². The molecule has 2 aromatic heterocycles. The highest BCUT2D eigenvalue weighted by molar-refractivity contribution is 5.79. The van der Waals surface area contributed by atoms with Crippen molar-refractivity contribution >= 4 is 5.96 Å². The van der Waals surface area contributed by atoms with E-state index in [1.807, 2.05) is 73.0 Å². The van der Waals surface area contributed by atoms with E-state index in [9.17, 15) is 0 Å². The molecule has 0 fully saturated rings. The minimum absolute atomic E-state index is 0.456. The number of aliphatic imine (C=N–C) groups is 1. The molecule has 0 aliphatic heterocycles. The summed E-state index contributed by atoms with van der Waals surface area (Å²) in [6.07, 6.45) is 4.83. The third-order valence-electron chi connectivity index (χ3n) is 4.80. The fourth-order valence-corrected chi connectivity index (χ4v) is 2.97.